The zero-order valence-electron chi connectivity index (χ0n) is 11.3. The fourth-order valence-corrected chi connectivity index (χ4v) is 2.48. The van der Waals surface area contributed by atoms with E-state index in [9.17, 15) is 13.6 Å². The predicted octanol–water partition coefficient (Wildman–Crippen LogP) is 1.92. The van der Waals surface area contributed by atoms with Gasteiger partial charge in [0.2, 0.25) is 5.91 Å². The van der Waals surface area contributed by atoms with Crippen LogP contribution < -0.4 is 10.6 Å². The first-order chi connectivity index (χ1) is 9.59. The maximum atomic E-state index is 13.6. The molecule has 0 spiro atoms. The van der Waals surface area contributed by atoms with Gasteiger partial charge in [-0.05, 0) is 38.1 Å². The first-order valence-electron chi connectivity index (χ1n) is 6.54. The number of carbonyl (C=O) groups is 1. The summed E-state index contributed by atoms with van der Waals surface area (Å²) in [4.78, 5) is 12.4. The van der Waals surface area contributed by atoms with Crippen LogP contribution in [-0.2, 0) is 9.53 Å². The van der Waals surface area contributed by atoms with E-state index in [2.05, 4.69) is 10.6 Å². The van der Waals surface area contributed by atoms with Gasteiger partial charge in [-0.25, -0.2) is 8.78 Å². The molecule has 1 heterocycles. The molecule has 0 bridgehead atoms. The summed E-state index contributed by atoms with van der Waals surface area (Å²) in [5, 5.41) is 5.53. The molecule has 1 aliphatic heterocycles. The van der Waals surface area contributed by atoms with Crippen LogP contribution >= 0.6 is 0 Å². The van der Waals surface area contributed by atoms with Crippen LogP contribution in [0.3, 0.4) is 0 Å². The molecule has 4 nitrogen and oxygen atoms in total. The molecule has 0 radical (unpaired) electrons. The zero-order valence-corrected chi connectivity index (χ0v) is 11.3. The number of carbonyl (C=O) groups excluding carboxylic acids is 1. The number of ether oxygens (including phenoxy) is 1. The lowest BCUT2D eigenvalue weighted by Crippen LogP contribution is -2.47. The van der Waals surface area contributed by atoms with Gasteiger partial charge in [0.25, 0.3) is 0 Å². The Balaban J connectivity index is 2.20. The van der Waals surface area contributed by atoms with Gasteiger partial charge >= 0.3 is 0 Å². The van der Waals surface area contributed by atoms with Crippen LogP contribution in [0.2, 0.25) is 0 Å². The van der Waals surface area contributed by atoms with Crippen LogP contribution in [0.4, 0.5) is 14.5 Å². The normalized spacial score (nSPS) is 17.8. The summed E-state index contributed by atoms with van der Waals surface area (Å²) in [7, 11) is 1.51. The van der Waals surface area contributed by atoms with Crippen LogP contribution in [0.25, 0.3) is 0 Å². The van der Waals surface area contributed by atoms with Crippen LogP contribution in [0.1, 0.15) is 12.8 Å². The Kier molecular flexibility index (Phi) is 4.67. The molecule has 1 saturated heterocycles. The standard InChI is InChI=1S/C14H18F2N2O2/c1-20-9-14(5-7-17-8-6-14)13(19)18-12-10(15)3-2-4-11(12)16/h2-4,17H,5-9H2,1H3,(H,18,19). The smallest absolute Gasteiger partial charge is 0.233 e. The highest BCUT2D eigenvalue weighted by Crippen LogP contribution is 2.31. The lowest BCUT2D eigenvalue weighted by Gasteiger charge is -2.35. The summed E-state index contributed by atoms with van der Waals surface area (Å²) < 4.78 is 32.3. The number of hydrogen-bond acceptors (Lipinski definition) is 3. The first kappa shape index (κ1) is 14.9. The molecule has 0 unspecified atom stereocenters. The highest BCUT2D eigenvalue weighted by atomic mass is 19.1. The lowest BCUT2D eigenvalue weighted by atomic mass is 9.78. The number of amides is 1. The number of methoxy groups -OCH3 is 1. The van der Waals surface area contributed by atoms with Crippen LogP contribution in [0.15, 0.2) is 18.2 Å². The Morgan fingerprint density at radius 2 is 1.95 bits per heavy atom. The van der Waals surface area contributed by atoms with E-state index >= 15 is 0 Å². The van der Waals surface area contributed by atoms with Gasteiger partial charge in [-0.2, -0.15) is 0 Å². The summed E-state index contributed by atoms with van der Waals surface area (Å²) in [6, 6.07) is 3.49. The molecule has 0 atom stereocenters. The first-order valence-corrected chi connectivity index (χ1v) is 6.54. The Hall–Kier alpha value is -1.53. The molecular formula is C14H18F2N2O2. The predicted molar refractivity (Wildman–Crippen MR) is 71.4 cm³/mol. The van der Waals surface area contributed by atoms with E-state index in [4.69, 9.17) is 4.74 Å². The van der Waals surface area contributed by atoms with Gasteiger partial charge in [-0.3, -0.25) is 4.79 Å². The summed E-state index contributed by atoms with van der Waals surface area (Å²) in [5.74, 6) is -1.95. The second-order valence-electron chi connectivity index (χ2n) is 5.01. The molecule has 20 heavy (non-hydrogen) atoms. The number of hydrogen-bond donors (Lipinski definition) is 2. The van der Waals surface area contributed by atoms with Crippen molar-refractivity contribution in [3.8, 4) is 0 Å². The third-order valence-electron chi connectivity index (χ3n) is 3.66. The Bertz CT molecular complexity index is 462. The Morgan fingerprint density at radius 1 is 1.35 bits per heavy atom. The van der Waals surface area contributed by atoms with Crippen molar-refractivity contribution in [2.45, 2.75) is 12.8 Å². The van der Waals surface area contributed by atoms with Crippen LogP contribution in [-0.4, -0.2) is 32.7 Å². The van der Waals surface area contributed by atoms with Crippen molar-refractivity contribution in [1.82, 2.24) is 5.32 Å². The second kappa shape index (κ2) is 6.28. The number of benzene rings is 1. The summed E-state index contributed by atoms with van der Waals surface area (Å²) >= 11 is 0. The molecule has 2 rings (SSSR count). The molecule has 1 aromatic carbocycles. The van der Waals surface area contributed by atoms with Crippen molar-refractivity contribution in [3.05, 3.63) is 29.8 Å². The van der Waals surface area contributed by atoms with E-state index in [1.54, 1.807) is 0 Å². The minimum atomic E-state index is -0.778. The average molecular weight is 284 g/mol. The van der Waals surface area contributed by atoms with Gasteiger partial charge < -0.3 is 15.4 Å². The maximum Gasteiger partial charge on any atom is 0.233 e. The average Bonchev–Trinajstić information content (AvgIpc) is 2.44. The Labute approximate surface area is 116 Å². The van der Waals surface area contributed by atoms with E-state index < -0.39 is 28.6 Å². The van der Waals surface area contributed by atoms with Gasteiger partial charge in [0.05, 0.1) is 12.0 Å². The number of anilines is 1. The molecule has 2 N–H and O–H groups in total. The molecule has 1 aliphatic rings. The van der Waals surface area contributed by atoms with Crippen molar-refractivity contribution < 1.29 is 18.3 Å². The summed E-state index contributed by atoms with van der Waals surface area (Å²) in [6.07, 6.45) is 1.14. The molecule has 1 aromatic rings. The maximum absolute atomic E-state index is 13.6. The minimum Gasteiger partial charge on any atom is -0.384 e. The van der Waals surface area contributed by atoms with Crippen LogP contribution in [0, 0.1) is 17.0 Å². The van der Waals surface area contributed by atoms with E-state index in [1.165, 1.54) is 13.2 Å². The monoisotopic (exact) mass is 284 g/mol. The lowest BCUT2D eigenvalue weighted by molar-refractivity contribution is -0.130. The van der Waals surface area contributed by atoms with Gasteiger partial charge in [0, 0.05) is 7.11 Å². The van der Waals surface area contributed by atoms with E-state index in [-0.39, 0.29) is 6.61 Å². The number of nitrogens with one attached hydrogen (secondary N) is 2. The third-order valence-corrected chi connectivity index (χ3v) is 3.66. The summed E-state index contributed by atoms with van der Waals surface area (Å²) in [5.41, 5.74) is -1.14. The highest BCUT2D eigenvalue weighted by molar-refractivity contribution is 5.95. The number of para-hydroxylation sites is 1. The summed E-state index contributed by atoms with van der Waals surface area (Å²) in [6.45, 7) is 1.59. The number of halogens is 2. The van der Waals surface area contributed by atoms with Gasteiger partial charge in [-0.15, -0.1) is 0 Å². The zero-order chi connectivity index (χ0) is 14.6. The SMILES string of the molecule is COCC1(C(=O)Nc2c(F)cccc2F)CCNCC1. The molecular weight excluding hydrogens is 266 g/mol. The van der Waals surface area contributed by atoms with Crippen molar-refractivity contribution in [2.24, 2.45) is 5.41 Å². The van der Waals surface area contributed by atoms with Gasteiger partial charge in [0.1, 0.15) is 17.3 Å². The minimum absolute atomic E-state index is 0.233. The molecule has 0 aromatic heterocycles. The van der Waals surface area contributed by atoms with E-state index in [1.807, 2.05) is 0 Å². The van der Waals surface area contributed by atoms with Crippen molar-refractivity contribution in [2.75, 3.05) is 32.1 Å². The molecule has 110 valence electrons. The number of piperidine rings is 1. The molecule has 1 amide bonds. The quantitative estimate of drug-likeness (QED) is 0.888. The van der Waals surface area contributed by atoms with E-state index in [0.717, 1.165) is 12.1 Å². The molecule has 6 heteroatoms. The molecule has 1 fully saturated rings. The fraction of sp³-hybridized carbons (Fsp3) is 0.500. The molecule has 0 aliphatic carbocycles. The van der Waals surface area contributed by atoms with Gasteiger partial charge in [0.15, 0.2) is 0 Å². The van der Waals surface area contributed by atoms with Crippen molar-refractivity contribution in [1.29, 1.82) is 0 Å². The van der Waals surface area contributed by atoms with Gasteiger partial charge in [-0.1, -0.05) is 6.07 Å². The fourth-order valence-electron chi connectivity index (χ4n) is 2.48. The van der Waals surface area contributed by atoms with Crippen molar-refractivity contribution >= 4 is 11.6 Å². The topological polar surface area (TPSA) is 50.4 Å². The Morgan fingerprint density at radius 3 is 2.50 bits per heavy atom. The van der Waals surface area contributed by atoms with Crippen LogP contribution in [0.5, 0.6) is 0 Å². The molecule has 0 saturated carbocycles. The third kappa shape index (κ3) is 2.96. The van der Waals surface area contributed by atoms with E-state index in [0.29, 0.717) is 25.9 Å². The largest absolute Gasteiger partial charge is 0.384 e. The number of rotatable bonds is 4. The van der Waals surface area contributed by atoms with Crippen molar-refractivity contribution in [3.63, 3.8) is 0 Å². The highest BCUT2D eigenvalue weighted by Gasteiger charge is 2.40. The second-order valence-corrected chi connectivity index (χ2v) is 5.01.